The van der Waals surface area contributed by atoms with E-state index in [2.05, 4.69) is 13.0 Å². The average molecular weight is 166 g/mol. The number of hydrogen-bond donors (Lipinski definition) is 0. The third-order valence-electron chi connectivity index (χ3n) is 3.01. The predicted molar refractivity (Wildman–Crippen MR) is 45.5 cm³/mol. The number of rotatable bonds is 0. The molecule has 2 nitrogen and oxygen atoms in total. The van der Waals surface area contributed by atoms with Gasteiger partial charge in [-0.05, 0) is 25.8 Å². The Morgan fingerprint density at radius 3 is 3.08 bits per heavy atom. The Morgan fingerprint density at radius 2 is 2.33 bits per heavy atom. The molecule has 1 aliphatic heterocycles. The second-order valence-electron chi connectivity index (χ2n) is 3.91. The summed E-state index contributed by atoms with van der Waals surface area (Å²) in [5, 5.41) is 0. The quantitative estimate of drug-likeness (QED) is 0.406. The number of esters is 1. The van der Waals surface area contributed by atoms with E-state index in [1.165, 1.54) is 5.57 Å². The highest BCUT2D eigenvalue weighted by Gasteiger charge is 2.41. The van der Waals surface area contributed by atoms with Crippen molar-refractivity contribution in [2.45, 2.75) is 32.8 Å². The summed E-state index contributed by atoms with van der Waals surface area (Å²) in [5.74, 6) is 0.538. The molecule has 66 valence electrons. The van der Waals surface area contributed by atoms with Gasteiger partial charge in [-0.2, -0.15) is 0 Å². The summed E-state index contributed by atoms with van der Waals surface area (Å²) in [4.78, 5) is 11.2. The van der Waals surface area contributed by atoms with Crippen molar-refractivity contribution in [1.82, 2.24) is 0 Å². The molecular formula is C10H14O2. The smallest absolute Gasteiger partial charge is 0.309 e. The summed E-state index contributed by atoms with van der Waals surface area (Å²) in [6, 6.07) is 0. The molecule has 0 aromatic heterocycles. The molecule has 0 radical (unpaired) electrons. The van der Waals surface area contributed by atoms with E-state index in [9.17, 15) is 4.79 Å². The van der Waals surface area contributed by atoms with Crippen LogP contribution in [0.5, 0.6) is 0 Å². The second kappa shape index (κ2) is 2.61. The number of carbonyl (C=O) groups excluding carboxylic acids is 1. The van der Waals surface area contributed by atoms with E-state index < -0.39 is 0 Å². The average Bonchev–Trinajstić information content (AvgIpc) is 2.28. The fourth-order valence-corrected chi connectivity index (χ4v) is 2.12. The zero-order valence-corrected chi connectivity index (χ0v) is 7.54. The van der Waals surface area contributed by atoms with Crippen LogP contribution >= 0.6 is 0 Å². The van der Waals surface area contributed by atoms with Crippen molar-refractivity contribution in [1.29, 1.82) is 0 Å². The molecule has 0 spiro atoms. The van der Waals surface area contributed by atoms with Crippen molar-refractivity contribution in [2.75, 3.05) is 0 Å². The first-order valence-corrected chi connectivity index (χ1v) is 4.56. The van der Waals surface area contributed by atoms with Crippen LogP contribution in [0.1, 0.15) is 26.7 Å². The van der Waals surface area contributed by atoms with Gasteiger partial charge in [-0.1, -0.05) is 12.5 Å². The van der Waals surface area contributed by atoms with Crippen LogP contribution < -0.4 is 0 Å². The number of allylic oxidation sites excluding steroid dienone is 1. The largest absolute Gasteiger partial charge is 0.458 e. The lowest BCUT2D eigenvalue weighted by atomic mass is 9.82. The van der Waals surface area contributed by atoms with Gasteiger partial charge >= 0.3 is 5.97 Å². The van der Waals surface area contributed by atoms with Crippen LogP contribution in [0.15, 0.2) is 11.6 Å². The fraction of sp³-hybridized carbons (Fsp3) is 0.700. The van der Waals surface area contributed by atoms with Gasteiger partial charge in [0.15, 0.2) is 0 Å². The van der Waals surface area contributed by atoms with E-state index in [0.29, 0.717) is 5.92 Å². The van der Waals surface area contributed by atoms with Crippen molar-refractivity contribution in [3.63, 3.8) is 0 Å². The zero-order valence-electron chi connectivity index (χ0n) is 7.54. The minimum atomic E-state index is -0.0176. The summed E-state index contributed by atoms with van der Waals surface area (Å²) in [7, 11) is 0. The molecule has 0 N–H and O–H groups in total. The number of ether oxygens (including phenoxy) is 1. The van der Waals surface area contributed by atoms with E-state index in [4.69, 9.17) is 4.74 Å². The van der Waals surface area contributed by atoms with E-state index >= 15 is 0 Å². The maximum absolute atomic E-state index is 11.2. The molecule has 0 aromatic rings. The summed E-state index contributed by atoms with van der Waals surface area (Å²) in [5.41, 5.74) is 1.36. The second-order valence-corrected chi connectivity index (χ2v) is 3.91. The Kier molecular flexibility index (Phi) is 1.71. The SMILES string of the molecule is CC1=C[C@H]2OC(=O)[C@H](C)[C@H]2CC1. The lowest BCUT2D eigenvalue weighted by Gasteiger charge is -2.22. The van der Waals surface area contributed by atoms with E-state index in [1.54, 1.807) is 0 Å². The van der Waals surface area contributed by atoms with Gasteiger partial charge in [0.05, 0.1) is 5.92 Å². The normalized spacial score (nSPS) is 40.3. The standard InChI is InChI=1S/C10H14O2/c1-6-3-4-8-7(2)10(11)12-9(8)5-6/h5,7-9H,3-4H2,1-2H3/t7-,8-,9-/m1/s1. The van der Waals surface area contributed by atoms with Crippen LogP contribution in [0.25, 0.3) is 0 Å². The molecule has 1 saturated heterocycles. The number of hydrogen-bond acceptors (Lipinski definition) is 2. The highest BCUT2D eigenvalue weighted by atomic mass is 16.6. The molecule has 1 heterocycles. The van der Waals surface area contributed by atoms with Gasteiger partial charge in [-0.3, -0.25) is 4.79 Å². The first-order chi connectivity index (χ1) is 5.68. The molecule has 2 heteroatoms. The Labute approximate surface area is 72.6 Å². The van der Waals surface area contributed by atoms with Crippen molar-refractivity contribution >= 4 is 5.97 Å². The van der Waals surface area contributed by atoms with Crippen LogP contribution in [0, 0.1) is 11.8 Å². The van der Waals surface area contributed by atoms with Gasteiger partial charge < -0.3 is 4.74 Å². The molecule has 2 rings (SSSR count). The van der Waals surface area contributed by atoms with Crippen molar-refractivity contribution < 1.29 is 9.53 Å². The van der Waals surface area contributed by atoms with Gasteiger partial charge in [0.1, 0.15) is 6.10 Å². The lowest BCUT2D eigenvalue weighted by Crippen LogP contribution is -2.21. The Morgan fingerprint density at radius 1 is 1.58 bits per heavy atom. The molecule has 12 heavy (non-hydrogen) atoms. The molecule has 0 amide bonds. The minimum Gasteiger partial charge on any atom is -0.458 e. The third kappa shape index (κ3) is 1.06. The molecule has 3 atom stereocenters. The molecule has 1 fully saturated rings. The van der Waals surface area contributed by atoms with Crippen molar-refractivity contribution in [2.24, 2.45) is 11.8 Å². The van der Waals surface area contributed by atoms with E-state index in [-0.39, 0.29) is 18.0 Å². The first kappa shape index (κ1) is 7.84. The molecule has 0 saturated carbocycles. The van der Waals surface area contributed by atoms with Gasteiger partial charge in [0.25, 0.3) is 0 Å². The van der Waals surface area contributed by atoms with Gasteiger partial charge in [-0.15, -0.1) is 0 Å². The van der Waals surface area contributed by atoms with Crippen LogP contribution in [-0.2, 0) is 9.53 Å². The fourth-order valence-electron chi connectivity index (χ4n) is 2.12. The van der Waals surface area contributed by atoms with Crippen LogP contribution in [-0.4, -0.2) is 12.1 Å². The molecule has 2 aliphatic rings. The summed E-state index contributed by atoms with van der Waals surface area (Å²) < 4.78 is 5.23. The highest BCUT2D eigenvalue weighted by molar-refractivity contribution is 5.75. The van der Waals surface area contributed by atoms with Gasteiger partial charge in [-0.25, -0.2) is 0 Å². The molecule has 0 unspecified atom stereocenters. The maximum Gasteiger partial charge on any atom is 0.309 e. The van der Waals surface area contributed by atoms with E-state index in [1.807, 2.05) is 6.92 Å². The molecular weight excluding hydrogens is 152 g/mol. The van der Waals surface area contributed by atoms with Crippen molar-refractivity contribution in [3.8, 4) is 0 Å². The Bertz CT molecular complexity index is 242. The van der Waals surface area contributed by atoms with Crippen LogP contribution in [0.2, 0.25) is 0 Å². The van der Waals surface area contributed by atoms with Crippen LogP contribution in [0.4, 0.5) is 0 Å². The zero-order chi connectivity index (χ0) is 8.72. The number of fused-ring (bicyclic) bond motifs is 1. The third-order valence-corrected chi connectivity index (χ3v) is 3.01. The van der Waals surface area contributed by atoms with Gasteiger partial charge in [0, 0.05) is 5.92 Å². The predicted octanol–water partition coefficient (Wildman–Crippen LogP) is 1.90. The summed E-state index contributed by atoms with van der Waals surface area (Å²) in [6.07, 6.45) is 4.43. The molecule has 0 bridgehead atoms. The maximum atomic E-state index is 11.2. The van der Waals surface area contributed by atoms with Crippen LogP contribution in [0.3, 0.4) is 0 Å². The Balaban J connectivity index is 2.22. The molecule has 1 aliphatic carbocycles. The summed E-state index contributed by atoms with van der Waals surface area (Å²) >= 11 is 0. The first-order valence-electron chi connectivity index (χ1n) is 4.56. The lowest BCUT2D eigenvalue weighted by molar-refractivity contribution is -0.142. The Hall–Kier alpha value is -0.790. The highest BCUT2D eigenvalue weighted by Crippen LogP contribution is 2.37. The van der Waals surface area contributed by atoms with Gasteiger partial charge in [0.2, 0.25) is 0 Å². The van der Waals surface area contributed by atoms with Crippen molar-refractivity contribution in [3.05, 3.63) is 11.6 Å². The topological polar surface area (TPSA) is 26.3 Å². The van der Waals surface area contributed by atoms with E-state index in [0.717, 1.165) is 12.8 Å². The number of carbonyl (C=O) groups is 1. The minimum absolute atomic E-state index is 0.0176. The molecule has 0 aromatic carbocycles. The summed E-state index contributed by atoms with van der Waals surface area (Å²) in [6.45, 7) is 4.08. The monoisotopic (exact) mass is 166 g/mol.